The Hall–Kier alpha value is -2.44. The van der Waals surface area contributed by atoms with Crippen molar-refractivity contribution in [3.8, 4) is 0 Å². The molecular weight excluding hydrogens is 294 g/mol. The van der Waals surface area contributed by atoms with Gasteiger partial charge in [-0.3, -0.25) is 10.1 Å². The van der Waals surface area contributed by atoms with E-state index in [9.17, 15) is 10.1 Å². The molecule has 0 spiro atoms. The van der Waals surface area contributed by atoms with E-state index in [4.69, 9.17) is 0 Å². The van der Waals surface area contributed by atoms with Crippen LogP contribution in [-0.4, -0.2) is 33.0 Å². The Labute approximate surface area is 135 Å². The van der Waals surface area contributed by atoms with Crippen LogP contribution in [0.25, 0.3) is 0 Å². The first kappa shape index (κ1) is 15.5. The van der Waals surface area contributed by atoms with E-state index in [0.717, 1.165) is 38.0 Å². The molecule has 0 N–H and O–H groups in total. The first-order chi connectivity index (χ1) is 11.1. The van der Waals surface area contributed by atoms with Gasteiger partial charge in [0.15, 0.2) is 0 Å². The summed E-state index contributed by atoms with van der Waals surface area (Å²) in [4.78, 5) is 12.7. The molecule has 0 amide bonds. The molecule has 2 aromatic rings. The van der Waals surface area contributed by atoms with Gasteiger partial charge in [0.2, 0.25) is 0 Å². The molecule has 0 radical (unpaired) electrons. The number of aromatic nitrogens is 3. The quantitative estimate of drug-likeness (QED) is 0.626. The third kappa shape index (κ3) is 3.67. The molecule has 1 unspecified atom stereocenters. The molecule has 23 heavy (non-hydrogen) atoms. The molecule has 1 aliphatic heterocycles. The van der Waals surface area contributed by atoms with E-state index < -0.39 is 0 Å². The molecule has 0 aliphatic carbocycles. The van der Waals surface area contributed by atoms with Gasteiger partial charge in [-0.05, 0) is 44.2 Å². The molecule has 7 heteroatoms. The largest absolute Gasteiger partial charge is 0.372 e. The second kappa shape index (κ2) is 6.76. The number of non-ortho nitro benzene ring substituents is 1. The lowest BCUT2D eigenvalue weighted by Gasteiger charge is -2.34. The van der Waals surface area contributed by atoms with Gasteiger partial charge in [-0.15, -0.1) is 5.10 Å². The zero-order valence-electron chi connectivity index (χ0n) is 13.2. The molecule has 2 heterocycles. The van der Waals surface area contributed by atoms with E-state index in [1.165, 1.54) is 0 Å². The average Bonchev–Trinajstić information content (AvgIpc) is 3.10. The van der Waals surface area contributed by atoms with E-state index in [-0.39, 0.29) is 10.6 Å². The number of rotatable bonds is 5. The van der Waals surface area contributed by atoms with Gasteiger partial charge in [-0.1, -0.05) is 5.21 Å². The topological polar surface area (TPSA) is 77.1 Å². The van der Waals surface area contributed by atoms with E-state index >= 15 is 0 Å². The molecule has 7 nitrogen and oxygen atoms in total. The summed E-state index contributed by atoms with van der Waals surface area (Å²) in [7, 11) is 0. The maximum Gasteiger partial charge on any atom is 0.269 e. The van der Waals surface area contributed by atoms with Crippen LogP contribution in [0.5, 0.6) is 0 Å². The molecule has 1 saturated heterocycles. The fourth-order valence-corrected chi connectivity index (χ4v) is 3.25. The van der Waals surface area contributed by atoms with E-state index in [1.807, 2.05) is 23.0 Å². The Morgan fingerprint density at radius 1 is 1.30 bits per heavy atom. The van der Waals surface area contributed by atoms with Gasteiger partial charge in [0.25, 0.3) is 5.69 Å². The Morgan fingerprint density at radius 2 is 2.00 bits per heavy atom. The van der Waals surface area contributed by atoms with Crippen molar-refractivity contribution in [3.05, 3.63) is 46.8 Å². The van der Waals surface area contributed by atoms with Gasteiger partial charge in [-0.25, -0.2) is 4.68 Å². The third-order valence-electron chi connectivity index (χ3n) is 4.61. The lowest BCUT2D eigenvalue weighted by atomic mass is 9.90. The fraction of sp³-hybridized carbons (Fsp3) is 0.500. The van der Waals surface area contributed by atoms with Crippen molar-refractivity contribution >= 4 is 11.4 Å². The molecule has 0 saturated carbocycles. The fourth-order valence-electron chi connectivity index (χ4n) is 3.25. The minimum atomic E-state index is -0.360. The van der Waals surface area contributed by atoms with Crippen molar-refractivity contribution in [2.24, 2.45) is 5.92 Å². The predicted molar refractivity (Wildman–Crippen MR) is 87.4 cm³/mol. The van der Waals surface area contributed by atoms with Gasteiger partial charge in [-0.2, -0.15) is 0 Å². The van der Waals surface area contributed by atoms with Crippen LogP contribution in [0.2, 0.25) is 0 Å². The number of piperidine rings is 1. The van der Waals surface area contributed by atoms with Crippen LogP contribution in [0, 0.1) is 16.0 Å². The first-order valence-corrected chi connectivity index (χ1v) is 7.98. The molecular formula is C16H21N5O2. The average molecular weight is 315 g/mol. The summed E-state index contributed by atoms with van der Waals surface area (Å²) >= 11 is 0. The number of anilines is 1. The van der Waals surface area contributed by atoms with Crippen LogP contribution < -0.4 is 4.90 Å². The highest BCUT2D eigenvalue weighted by atomic mass is 16.6. The number of benzene rings is 1. The summed E-state index contributed by atoms with van der Waals surface area (Å²) in [6.45, 7) is 4.16. The maximum atomic E-state index is 10.7. The van der Waals surface area contributed by atoms with Gasteiger partial charge >= 0.3 is 0 Å². The van der Waals surface area contributed by atoms with Crippen molar-refractivity contribution < 1.29 is 4.92 Å². The summed E-state index contributed by atoms with van der Waals surface area (Å²) < 4.78 is 1.92. The predicted octanol–water partition coefficient (Wildman–Crippen LogP) is 3.05. The van der Waals surface area contributed by atoms with E-state index in [2.05, 4.69) is 22.1 Å². The minimum absolute atomic E-state index is 0.144. The number of nitro benzene ring substituents is 1. The lowest BCUT2D eigenvalue weighted by molar-refractivity contribution is -0.384. The first-order valence-electron chi connectivity index (χ1n) is 7.98. The molecule has 122 valence electrons. The molecule has 1 atom stereocenters. The number of hydrogen-bond donors (Lipinski definition) is 0. The second-order valence-electron chi connectivity index (χ2n) is 6.17. The van der Waals surface area contributed by atoms with Gasteiger partial charge in [0.05, 0.1) is 17.2 Å². The van der Waals surface area contributed by atoms with Gasteiger partial charge in [0.1, 0.15) is 0 Å². The number of nitro groups is 1. The zero-order valence-corrected chi connectivity index (χ0v) is 13.2. The van der Waals surface area contributed by atoms with Crippen LogP contribution >= 0.6 is 0 Å². The maximum absolute atomic E-state index is 10.7. The van der Waals surface area contributed by atoms with Crippen molar-refractivity contribution in [2.75, 3.05) is 18.0 Å². The summed E-state index contributed by atoms with van der Waals surface area (Å²) in [5.74, 6) is 0.684. The Bertz CT molecular complexity index is 633. The molecule has 1 fully saturated rings. The normalized spacial score (nSPS) is 17.2. The van der Waals surface area contributed by atoms with E-state index in [1.54, 1.807) is 18.3 Å². The lowest BCUT2D eigenvalue weighted by Crippen LogP contribution is -2.34. The van der Waals surface area contributed by atoms with Gasteiger partial charge < -0.3 is 4.90 Å². The molecule has 1 aromatic carbocycles. The monoisotopic (exact) mass is 315 g/mol. The Balaban J connectivity index is 1.53. The van der Waals surface area contributed by atoms with Crippen molar-refractivity contribution in [3.63, 3.8) is 0 Å². The van der Waals surface area contributed by atoms with Crippen LogP contribution in [0.4, 0.5) is 11.4 Å². The zero-order chi connectivity index (χ0) is 16.2. The smallest absolute Gasteiger partial charge is 0.269 e. The third-order valence-corrected chi connectivity index (χ3v) is 4.61. The van der Waals surface area contributed by atoms with Crippen LogP contribution in [0.3, 0.4) is 0 Å². The standard InChI is InChI=1S/C16H21N5O2/c1-13(20-11-8-17-18-20)12-14-6-9-19(10-7-14)15-2-4-16(5-3-15)21(22)23/h2-5,8,11,13-14H,6-7,9-10,12H2,1H3. The SMILES string of the molecule is CC(CC1CCN(c2ccc([N+](=O)[O-])cc2)CC1)n1ccnn1. The number of hydrogen-bond acceptors (Lipinski definition) is 5. The molecule has 1 aromatic heterocycles. The minimum Gasteiger partial charge on any atom is -0.372 e. The van der Waals surface area contributed by atoms with Crippen LogP contribution in [0.1, 0.15) is 32.2 Å². The molecule has 3 rings (SSSR count). The summed E-state index contributed by atoms with van der Waals surface area (Å²) in [6, 6.07) is 7.21. The molecule has 1 aliphatic rings. The van der Waals surface area contributed by atoms with Gasteiger partial charge in [0, 0.05) is 37.1 Å². The van der Waals surface area contributed by atoms with Crippen LogP contribution in [0.15, 0.2) is 36.7 Å². The summed E-state index contributed by atoms with van der Waals surface area (Å²) in [6.07, 6.45) is 7.01. The Morgan fingerprint density at radius 3 is 2.57 bits per heavy atom. The summed E-state index contributed by atoms with van der Waals surface area (Å²) in [5.41, 5.74) is 1.21. The Kier molecular flexibility index (Phi) is 4.55. The highest BCUT2D eigenvalue weighted by molar-refractivity contribution is 5.51. The van der Waals surface area contributed by atoms with Crippen molar-refractivity contribution in [1.82, 2.24) is 15.0 Å². The van der Waals surface area contributed by atoms with E-state index in [0.29, 0.717) is 12.0 Å². The second-order valence-corrected chi connectivity index (χ2v) is 6.17. The highest BCUT2D eigenvalue weighted by Crippen LogP contribution is 2.29. The van der Waals surface area contributed by atoms with Crippen molar-refractivity contribution in [2.45, 2.75) is 32.2 Å². The molecule has 0 bridgehead atoms. The highest BCUT2D eigenvalue weighted by Gasteiger charge is 2.22. The summed E-state index contributed by atoms with van der Waals surface area (Å²) in [5, 5.41) is 18.6. The van der Waals surface area contributed by atoms with Crippen LogP contribution in [-0.2, 0) is 0 Å². The van der Waals surface area contributed by atoms with Crippen molar-refractivity contribution in [1.29, 1.82) is 0 Å². The number of nitrogens with zero attached hydrogens (tertiary/aromatic N) is 5.